The van der Waals surface area contributed by atoms with Gasteiger partial charge in [0.25, 0.3) is 0 Å². The van der Waals surface area contributed by atoms with Gasteiger partial charge in [0.15, 0.2) is 0 Å². The largest absolute Gasteiger partial charge is 0.473 e. The van der Waals surface area contributed by atoms with Gasteiger partial charge in [-0.1, -0.05) is 18.2 Å². The average Bonchev–Trinajstić information content (AvgIpc) is 2.38. The highest BCUT2D eigenvalue weighted by Gasteiger charge is 1.96. The Labute approximate surface area is 94.0 Å². The van der Waals surface area contributed by atoms with Crippen LogP contribution in [0.25, 0.3) is 0 Å². The van der Waals surface area contributed by atoms with Crippen LogP contribution in [0.15, 0.2) is 48.7 Å². The van der Waals surface area contributed by atoms with E-state index < -0.39 is 0 Å². The molecule has 4 heteroatoms. The number of nitrogens with one attached hydrogen (secondary N) is 1. The maximum atomic E-state index is 5.50. The van der Waals surface area contributed by atoms with Gasteiger partial charge in [0.1, 0.15) is 6.61 Å². The molecule has 2 rings (SSSR count). The van der Waals surface area contributed by atoms with Crippen molar-refractivity contribution < 1.29 is 4.74 Å². The highest BCUT2D eigenvalue weighted by molar-refractivity contribution is 5.43. The number of nitrogen functional groups attached to an aromatic ring is 1. The number of hydrogen-bond acceptors (Lipinski definition) is 4. The zero-order valence-corrected chi connectivity index (χ0v) is 8.76. The Bertz CT molecular complexity index is 428. The van der Waals surface area contributed by atoms with E-state index >= 15 is 0 Å². The Morgan fingerprint density at radius 3 is 2.56 bits per heavy atom. The number of hydrazine groups is 1. The van der Waals surface area contributed by atoms with Gasteiger partial charge in [0, 0.05) is 18.0 Å². The molecule has 0 saturated heterocycles. The molecule has 0 atom stereocenters. The van der Waals surface area contributed by atoms with Crippen molar-refractivity contribution in [1.29, 1.82) is 0 Å². The molecule has 1 heterocycles. The maximum absolute atomic E-state index is 5.50. The fourth-order valence-electron chi connectivity index (χ4n) is 1.29. The number of benzene rings is 1. The summed E-state index contributed by atoms with van der Waals surface area (Å²) in [6.45, 7) is 0.502. The van der Waals surface area contributed by atoms with Gasteiger partial charge in [-0.2, -0.15) is 0 Å². The van der Waals surface area contributed by atoms with Crippen molar-refractivity contribution in [3.05, 3.63) is 54.2 Å². The first kappa shape index (κ1) is 10.4. The monoisotopic (exact) mass is 215 g/mol. The first-order valence-corrected chi connectivity index (χ1v) is 4.98. The minimum absolute atomic E-state index is 0.502. The summed E-state index contributed by atoms with van der Waals surface area (Å²) in [6.07, 6.45) is 1.71. The predicted octanol–water partition coefficient (Wildman–Crippen LogP) is 1.95. The summed E-state index contributed by atoms with van der Waals surface area (Å²) in [4.78, 5) is 4.07. The molecular weight excluding hydrogens is 202 g/mol. The first-order valence-electron chi connectivity index (χ1n) is 4.98. The summed E-state index contributed by atoms with van der Waals surface area (Å²) in [5, 5.41) is 0. The van der Waals surface area contributed by atoms with Crippen LogP contribution in [0.5, 0.6) is 5.88 Å². The van der Waals surface area contributed by atoms with Gasteiger partial charge < -0.3 is 10.2 Å². The molecule has 0 bridgehead atoms. The maximum Gasteiger partial charge on any atom is 0.213 e. The van der Waals surface area contributed by atoms with Gasteiger partial charge >= 0.3 is 0 Å². The van der Waals surface area contributed by atoms with E-state index in [1.807, 2.05) is 42.5 Å². The average molecular weight is 215 g/mol. The van der Waals surface area contributed by atoms with Crippen LogP contribution in [0, 0.1) is 0 Å². The van der Waals surface area contributed by atoms with E-state index in [1.165, 1.54) is 0 Å². The number of anilines is 1. The van der Waals surface area contributed by atoms with Gasteiger partial charge in [-0.25, -0.2) is 4.98 Å². The molecule has 3 N–H and O–H groups in total. The topological polar surface area (TPSA) is 60.2 Å². The summed E-state index contributed by atoms with van der Waals surface area (Å²) < 4.78 is 5.50. The molecule has 82 valence electrons. The molecule has 16 heavy (non-hydrogen) atoms. The zero-order chi connectivity index (χ0) is 11.2. The number of hydrogen-bond donors (Lipinski definition) is 2. The lowest BCUT2D eigenvalue weighted by Crippen LogP contribution is -2.06. The third-order valence-corrected chi connectivity index (χ3v) is 2.15. The van der Waals surface area contributed by atoms with Gasteiger partial charge in [0.05, 0.1) is 0 Å². The van der Waals surface area contributed by atoms with E-state index in [1.54, 1.807) is 6.20 Å². The fourth-order valence-corrected chi connectivity index (χ4v) is 1.29. The standard InChI is InChI=1S/C12H13N3O/c13-15-11-6-4-10(5-7-11)9-16-12-3-1-2-8-14-12/h1-8,15H,9,13H2. The number of rotatable bonds is 4. The van der Waals surface area contributed by atoms with Crippen molar-refractivity contribution in [1.82, 2.24) is 4.98 Å². The van der Waals surface area contributed by atoms with Gasteiger partial charge in [0.2, 0.25) is 5.88 Å². The number of nitrogens with zero attached hydrogens (tertiary/aromatic N) is 1. The van der Waals surface area contributed by atoms with Crippen LogP contribution < -0.4 is 16.0 Å². The van der Waals surface area contributed by atoms with Crippen LogP contribution in [-0.2, 0) is 6.61 Å². The molecule has 0 saturated carbocycles. The van der Waals surface area contributed by atoms with Crippen LogP contribution in [0.2, 0.25) is 0 Å². The van der Waals surface area contributed by atoms with Crippen LogP contribution >= 0.6 is 0 Å². The molecule has 2 aromatic rings. The van der Waals surface area contributed by atoms with Crippen molar-refractivity contribution in [2.45, 2.75) is 6.61 Å². The van der Waals surface area contributed by atoms with Crippen molar-refractivity contribution >= 4 is 5.69 Å². The minimum atomic E-state index is 0.502. The third kappa shape index (κ3) is 2.71. The number of pyridine rings is 1. The van der Waals surface area contributed by atoms with Crippen molar-refractivity contribution in [3.8, 4) is 5.88 Å². The number of nitrogens with two attached hydrogens (primary N) is 1. The van der Waals surface area contributed by atoms with Gasteiger partial charge in [-0.05, 0) is 23.8 Å². The van der Waals surface area contributed by atoms with E-state index in [4.69, 9.17) is 10.6 Å². The predicted molar refractivity (Wildman–Crippen MR) is 62.8 cm³/mol. The van der Waals surface area contributed by atoms with Crippen LogP contribution in [0.3, 0.4) is 0 Å². The summed E-state index contributed by atoms with van der Waals surface area (Å²) in [5.74, 6) is 5.90. The SMILES string of the molecule is NNc1ccc(COc2ccccn2)cc1. The van der Waals surface area contributed by atoms with E-state index in [2.05, 4.69) is 10.4 Å². The summed E-state index contributed by atoms with van der Waals surface area (Å²) in [6, 6.07) is 13.3. The lowest BCUT2D eigenvalue weighted by Gasteiger charge is -2.05. The van der Waals surface area contributed by atoms with Crippen LogP contribution in [0.1, 0.15) is 5.56 Å². The summed E-state index contributed by atoms with van der Waals surface area (Å²) in [5.41, 5.74) is 4.53. The zero-order valence-electron chi connectivity index (χ0n) is 8.76. The molecule has 0 aliphatic carbocycles. The molecule has 0 aliphatic heterocycles. The second-order valence-electron chi connectivity index (χ2n) is 3.30. The van der Waals surface area contributed by atoms with Gasteiger partial charge in [-0.3, -0.25) is 5.84 Å². The number of aromatic nitrogens is 1. The second kappa shape index (κ2) is 5.14. The van der Waals surface area contributed by atoms with Crippen molar-refractivity contribution in [2.24, 2.45) is 5.84 Å². The molecule has 0 amide bonds. The molecule has 0 radical (unpaired) electrons. The Balaban J connectivity index is 1.94. The van der Waals surface area contributed by atoms with Crippen molar-refractivity contribution in [2.75, 3.05) is 5.43 Å². The first-order chi connectivity index (χ1) is 7.88. The van der Waals surface area contributed by atoms with Crippen LogP contribution in [0.4, 0.5) is 5.69 Å². The second-order valence-corrected chi connectivity index (χ2v) is 3.30. The molecule has 1 aromatic carbocycles. The van der Waals surface area contributed by atoms with Crippen molar-refractivity contribution in [3.63, 3.8) is 0 Å². The lowest BCUT2D eigenvalue weighted by molar-refractivity contribution is 0.294. The Morgan fingerprint density at radius 1 is 1.12 bits per heavy atom. The Kier molecular flexibility index (Phi) is 3.35. The molecule has 0 aliphatic rings. The summed E-state index contributed by atoms with van der Waals surface area (Å²) >= 11 is 0. The van der Waals surface area contributed by atoms with E-state index in [0.29, 0.717) is 12.5 Å². The molecular formula is C12H13N3O. The smallest absolute Gasteiger partial charge is 0.213 e. The highest BCUT2D eigenvalue weighted by atomic mass is 16.5. The normalized spacial score (nSPS) is 9.81. The molecule has 0 unspecified atom stereocenters. The minimum Gasteiger partial charge on any atom is -0.473 e. The highest BCUT2D eigenvalue weighted by Crippen LogP contribution is 2.11. The fraction of sp³-hybridized carbons (Fsp3) is 0.0833. The molecule has 0 spiro atoms. The third-order valence-electron chi connectivity index (χ3n) is 2.15. The Hall–Kier alpha value is -2.07. The van der Waals surface area contributed by atoms with E-state index in [-0.39, 0.29) is 0 Å². The molecule has 0 fully saturated rings. The quantitative estimate of drug-likeness (QED) is 0.604. The lowest BCUT2D eigenvalue weighted by atomic mass is 10.2. The Morgan fingerprint density at radius 2 is 1.94 bits per heavy atom. The van der Waals surface area contributed by atoms with Gasteiger partial charge in [-0.15, -0.1) is 0 Å². The summed E-state index contributed by atoms with van der Waals surface area (Å²) in [7, 11) is 0. The van der Waals surface area contributed by atoms with E-state index in [9.17, 15) is 0 Å². The van der Waals surface area contributed by atoms with Crippen LogP contribution in [-0.4, -0.2) is 4.98 Å². The number of ether oxygens (including phenoxy) is 1. The molecule has 4 nitrogen and oxygen atoms in total. The molecule has 1 aromatic heterocycles. The van der Waals surface area contributed by atoms with E-state index in [0.717, 1.165) is 11.3 Å².